The minimum absolute atomic E-state index is 0.316. The minimum Gasteiger partial charge on any atom is -0.389 e. The van der Waals surface area contributed by atoms with E-state index in [1.807, 2.05) is 12.1 Å². The molecule has 2 amide bonds. The SMILES string of the molecule is CC(c1nc(-c2cccnc2)sc1N)N1C(=O)c2ccccc2C1=O. The van der Waals surface area contributed by atoms with Crippen molar-refractivity contribution in [2.24, 2.45) is 0 Å². The van der Waals surface area contributed by atoms with E-state index in [4.69, 9.17) is 5.73 Å². The van der Waals surface area contributed by atoms with Gasteiger partial charge in [-0.2, -0.15) is 0 Å². The molecule has 1 unspecified atom stereocenters. The summed E-state index contributed by atoms with van der Waals surface area (Å²) in [6.45, 7) is 1.76. The number of anilines is 1. The second kappa shape index (κ2) is 5.78. The van der Waals surface area contributed by atoms with E-state index in [0.29, 0.717) is 26.8 Å². The molecule has 1 aromatic carbocycles. The van der Waals surface area contributed by atoms with Gasteiger partial charge in [0.15, 0.2) is 0 Å². The average Bonchev–Trinajstić information content (AvgIpc) is 3.14. The lowest BCUT2D eigenvalue weighted by atomic mass is 10.1. The number of imide groups is 1. The van der Waals surface area contributed by atoms with Gasteiger partial charge in [-0.05, 0) is 31.2 Å². The van der Waals surface area contributed by atoms with Gasteiger partial charge in [-0.25, -0.2) is 4.98 Å². The molecule has 1 aliphatic rings. The third kappa shape index (κ3) is 2.40. The summed E-state index contributed by atoms with van der Waals surface area (Å²) in [5.74, 6) is -0.633. The molecule has 0 saturated carbocycles. The maximum absolute atomic E-state index is 12.6. The molecule has 25 heavy (non-hydrogen) atoms. The number of hydrogen-bond acceptors (Lipinski definition) is 6. The van der Waals surface area contributed by atoms with Gasteiger partial charge in [0.2, 0.25) is 0 Å². The molecule has 1 aliphatic heterocycles. The number of rotatable bonds is 3. The molecule has 0 spiro atoms. The normalized spacial score (nSPS) is 14.7. The fourth-order valence-electron chi connectivity index (χ4n) is 2.94. The molecule has 0 radical (unpaired) electrons. The largest absolute Gasteiger partial charge is 0.389 e. The number of amides is 2. The second-order valence-corrected chi connectivity index (χ2v) is 6.74. The predicted molar refractivity (Wildman–Crippen MR) is 95.1 cm³/mol. The number of carbonyl (C=O) groups is 2. The molecule has 7 heteroatoms. The van der Waals surface area contributed by atoms with Gasteiger partial charge in [-0.15, -0.1) is 0 Å². The summed E-state index contributed by atoms with van der Waals surface area (Å²) in [5.41, 5.74) is 8.34. The molecule has 1 atom stereocenters. The van der Waals surface area contributed by atoms with Crippen LogP contribution in [0.2, 0.25) is 0 Å². The smallest absolute Gasteiger partial charge is 0.262 e. The van der Waals surface area contributed by atoms with Gasteiger partial charge in [0.25, 0.3) is 11.8 Å². The lowest BCUT2D eigenvalue weighted by Crippen LogP contribution is -2.33. The van der Waals surface area contributed by atoms with Crippen LogP contribution in [0.3, 0.4) is 0 Å². The van der Waals surface area contributed by atoms with Crippen LogP contribution < -0.4 is 5.73 Å². The first-order valence-corrected chi connectivity index (χ1v) is 8.53. The Morgan fingerprint density at radius 3 is 2.36 bits per heavy atom. The van der Waals surface area contributed by atoms with Crippen LogP contribution >= 0.6 is 11.3 Å². The molecule has 0 aliphatic carbocycles. The lowest BCUT2D eigenvalue weighted by Gasteiger charge is -2.21. The Hall–Kier alpha value is -3.06. The third-order valence-electron chi connectivity index (χ3n) is 4.20. The zero-order valence-electron chi connectivity index (χ0n) is 13.3. The first kappa shape index (κ1) is 15.5. The van der Waals surface area contributed by atoms with E-state index in [2.05, 4.69) is 9.97 Å². The summed E-state index contributed by atoms with van der Waals surface area (Å²) in [6.07, 6.45) is 3.39. The molecule has 3 aromatic rings. The van der Waals surface area contributed by atoms with Gasteiger partial charge in [-0.1, -0.05) is 23.5 Å². The molecule has 0 fully saturated rings. The van der Waals surface area contributed by atoms with E-state index in [1.165, 1.54) is 16.2 Å². The summed E-state index contributed by atoms with van der Waals surface area (Å²) >= 11 is 1.32. The van der Waals surface area contributed by atoms with Gasteiger partial charge in [0.1, 0.15) is 10.0 Å². The highest BCUT2D eigenvalue weighted by atomic mass is 32.1. The van der Waals surface area contributed by atoms with Crippen molar-refractivity contribution < 1.29 is 9.59 Å². The molecular weight excluding hydrogens is 336 g/mol. The number of carbonyl (C=O) groups excluding carboxylic acids is 2. The van der Waals surface area contributed by atoms with Crippen LogP contribution in [0.1, 0.15) is 39.4 Å². The molecule has 124 valence electrons. The highest BCUT2D eigenvalue weighted by Crippen LogP contribution is 2.37. The summed E-state index contributed by atoms with van der Waals surface area (Å²) in [6, 6.07) is 9.98. The number of pyridine rings is 1. The van der Waals surface area contributed by atoms with Crippen LogP contribution in [0.5, 0.6) is 0 Å². The van der Waals surface area contributed by atoms with Crippen molar-refractivity contribution in [2.45, 2.75) is 13.0 Å². The fourth-order valence-corrected chi connectivity index (χ4v) is 3.85. The number of nitrogens with zero attached hydrogens (tertiary/aromatic N) is 3. The zero-order chi connectivity index (χ0) is 17.6. The quantitative estimate of drug-likeness (QED) is 0.733. The highest BCUT2D eigenvalue weighted by Gasteiger charge is 2.40. The van der Waals surface area contributed by atoms with E-state index >= 15 is 0 Å². The van der Waals surface area contributed by atoms with Crippen molar-refractivity contribution in [2.75, 3.05) is 5.73 Å². The highest BCUT2D eigenvalue weighted by molar-refractivity contribution is 7.18. The van der Waals surface area contributed by atoms with Crippen molar-refractivity contribution in [1.82, 2.24) is 14.9 Å². The van der Waals surface area contributed by atoms with E-state index in [-0.39, 0.29) is 11.8 Å². The molecule has 2 N–H and O–H groups in total. The van der Waals surface area contributed by atoms with Crippen molar-refractivity contribution >= 4 is 28.2 Å². The molecule has 4 rings (SSSR count). The summed E-state index contributed by atoms with van der Waals surface area (Å²) in [5, 5.41) is 1.20. The topological polar surface area (TPSA) is 89.2 Å². The van der Waals surface area contributed by atoms with E-state index in [9.17, 15) is 9.59 Å². The van der Waals surface area contributed by atoms with Crippen LogP contribution in [0, 0.1) is 0 Å². The maximum atomic E-state index is 12.6. The third-order valence-corrected chi connectivity index (χ3v) is 5.15. The summed E-state index contributed by atoms with van der Waals surface area (Å²) in [7, 11) is 0. The number of nitrogen functional groups attached to an aromatic ring is 1. The Kier molecular flexibility index (Phi) is 3.58. The van der Waals surface area contributed by atoms with Crippen LogP contribution in [0.15, 0.2) is 48.8 Å². The number of benzene rings is 1. The number of fused-ring (bicyclic) bond motifs is 1. The standard InChI is InChI=1S/C18H14N4O2S/c1-10(22-17(23)12-6-2-3-7-13(12)18(22)24)14-15(19)25-16(21-14)11-5-4-8-20-9-11/h2-10H,19H2,1H3. The average molecular weight is 350 g/mol. The molecular formula is C18H14N4O2S. The first-order valence-electron chi connectivity index (χ1n) is 7.71. The van der Waals surface area contributed by atoms with Crippen LogP contribution in [0.25, 0.3) is 10.6 Å². The van der Waals surface area contributed by atoms with Crippen molar-refractivity contribution in [3.8, 4) is 10.6 Å². The Labute approximate surface area is 148 Å². The fraction of sp³-hybridized carbons (Fsp3) is 0.111. The Morgan fingerprint density at radius 1 is 1.08 bits per heavy atom. The summed E-state index contributed by atoms with van der Waals surface area (Å²) in [4.78, 5) is 35.1. The Morgan fingerprint density at radius 2 is 1.76 bits per heavy atom. The zero-order valence-corrected chi connectivity index (χ0v) is 14.2. The van der Waals surface area contributed by atoms with E-state index in [0.717, 1.165) is 5.56 Å². The van der Waals surface area contributed by atoms with Crippen molar-refractivity contribution in [3.63, 3.8) is 0 Å². The van der Waals surface area contributed by atoms with Gasteiger partial charge in [0.05, 0.1) is 22.9 Å². The second-order valence-electron chi connectivity index (χ2n) is 5.71. The Bertz CT molecular complexity index is 949. The first-order chi connectivity index (χ1) is 12.1. The van der Waals surface area contributed by atoms with Crippen LogP contribution in [-0.2, 0) is 0 Å². The number of aromatic nitrogens is 2. The van der Waals surface area contributed by atoms with Crippen molar-refractivity contribution in [3.05, 3.63) is 65.6 Å². The van der Waals surface area contributed by atoms with E-state index < -0.39 is 6.04 Å². The van der Waals surface area contributed by atoms with Crippen LogP contribution in [0.4, 0.5) is 5.00 Å². The van der Waals surface area contributed by atoms with E-state index in [1.54, 1.807) is 43.6 Å². The van der Waals surface area contributed by atoms with Crippen LogP contribution in [-0.4, -0.2) is 26.7 Å². The molecule has 2 aromatic heterocycles. The van der Waals surface area contributed by atoms with Crippen molar-refractivity contribution in [1.29, 1.82) is 0 Å². The van der Waals surface area contributed by atoms with Gasteiger partial charge < -0.3 is 5.73 Å². The van der Waals surface area contributed by atoms with Gasteiger partial charge >= 0.3 is 0 Å². The summed E-state index contributed by atoms with van der Waals surface area (Å²) < 4.78 is 0. The minimum atomic E-state index is -0.547. The number of thiazole rings is 1. The molecule has 0 bridgehead atoms. The molecule has 6 nitrogen and oxygen atoms in total. The Balaban J connectivity index is 1.71. The molecule has 3 heterocycles. The monoisotopic (exact) mass is 350 g/mol. The maximum Gasteiger partial charge on any atom is 0.262 e. The lowest BCUT2D eigenvalue weighted by molar-refractivity contribution is 0.0593. The number of hydrogen-bond donors (Lipinski definition) is 1. The molecule has 0 saturated heterocycles. The number of nitrogens with two attached hydrogens (primary N) is 1. The predicted octanol–water partition coefficient (Wildman–Crippen LogP) is 3.14. The van der Waals surface area contributed by atoms with Gasteiger partial charge in [0, 0.05) is 18.0 Å². The van der Waals surface area contributed by atoms with Gasteiger partial charge in [-0.3, -0.25) is 19.5 Å².